The van der Waals surface area contributed by atoms with Gasteiger partial charge in [0.25, 0.3) is 5.91 Å². The van der Waals surface area contributed by atoms with Gasteiger partial charge in [-0.3, -0.25) is 4.79 Å². The van der Waals surface area contributed by atoms with E-state index in [1.807, 2.05) is 30.3 Å². The van der Waals surface area contributed by atoms with Gasteiger partial charge < -0.3 is 25.7 Å². The van der Waals surface area contributed by atoms with Crippen LogP contribution in [0.1, 0.15) is 45.4 Å². The molecule has 1 saturated heterocycles. The van der Waals surface area contributed by atoms with Gasteiger partial charge in [-0.1, -0.05) is 29.8 Å². The number of nitrogens with one attached hydrogen (secondary N) is 2. The maximum absolute atomic E-state index is 12.6. The molecule has 5 rings (SSSR count). The summed E-state index contributed by atoms with van der Waals surface area (Å²) in [4.78, 5) is 38.6. The monoisotopic (exact) mass is 538 g/mol. The van der Waals surface area contributed by atoms with Crippen LogP contribution in [0.25, 0.3) is 11.0 Å². The van der Waals surface area contributed by atoms with Gasteiger partial charge in [-0.05, 0) is 54.7 Å². The molecule has 4 aromatic rings. The van der Waals surface area contributed by atoms with Crippen molar-refractivity contribution in [3.8, 4) is 0 Å². The highest BCUT2D eigenvalue weighted by Crippen LogP contribution is 2.30. The minimum Gasteiger partial charge on any atom is -0.445 e. The fourth-order valence-electron chi connectivity index (χ4n) is 4.35. The van der Waals surface area contributed by atoms with Crippen molar-refractivity contribution in [2.75, 3.05) is 25.4 Å². The second-order valence-electron chi connectivity index (χ2n) is 8.99. The summed E-state index contributed by atoms with van der Waals surface area (Å²) in [7, 11) is 0. The SMILES string of the molecule is Nc1nc2ccc(CCNC(=O)c3csc(C4CCN(C(=O)OCc5ccc(Cl)cc5)CC4)n3)cc2[nH]1. The van der Waals surface area contributed by atoms with E-state index in [9.17, 15) is 9.59 Å². The Kier molecular flexibility index (Phi) is 7.57. The van der Waals surface area contributed by atoms with E-state index in [0.29, 0.717) is 42.7 Å². The van der Waals surface area contributed by atoms with Gasteiger partial charge in [0, 0.05) is 36.0 Å². The predicted molar refractivity (Wildman–Crippen MR) is 144 cm³/mol. The van der Waals surface area contributed by atoms with Crippen LogP contribution in [-0.2, 0) is 17.8 Å². The van der Waals surface area contributed by atoms with Crippen molar-refractivity contribution in [2.45, 2.75) is 31.8 Å². The molecule has 1 fully saturated rings. The van der Waals surface area contributed by atoms with Crippen molar-refractivity contribution in [1.29, 1.82) is 0 Å². The van der Waals surface area contributed by atoms with Crippen LogP contribution in [0.3, 0.4) is 0 Å². The maximum atomic E-state index is 12.6. The number of hydrogen-bond donors (Lipinski definition) is 3. The molecule has 0 unspecified atom stereocenters. The minimum atomic E-state index is -0.317. The lowest BCUT2D eigenvalue weighted by molar-refractivity contribution is 0.0870. The Morgan fingerprint density at radius 1 is 1.14 bits per heavy atom. The van der Waals surface area contributed by atoms with Gasteiger partial charge in [-0.2, -0.15) is 0 Å². The zero-order chi connectivity index (χ0) is 25.8. The number of carbonyl (C=O) groups is 2. The number of benzene rings is 2. The highest BCUT2D eigenvalue weighted by atomic mass is 35.5. The number of ether oxygens (including phenoxy) is 1. The summed E-state index contributed by atoms with van der Waals surface area (Å²) >= 11 is 7.39. The molecule has 1 aliphatic rings. The number of piperidine rings is 1. The van der Waals surface area contributed by atoms with Crippen LogP contribution in [-0.4, -0.2) is 51.5 Å². The molecule has 9 nitrogen and oxygen atoms in total. The first-order valence-electron chi connectivity index (χ1n) is 12.1. The molecule has 0 spiro atoms. The van der Waals surface area contributed by atoms with Crippen LogP contribution in [0, 0.1) is 0 Å². The molecule has 0 atom stereocenters. The van der Waals surface area contributed by atoms with Gasteiger partial charge in [0.05, 0.1) is 16.0 Å². The summed E-state index contributed by atoms with van der Waals surface area (Å²) in [5, 5.41) is 6.33. The summed E-state index contributed by atoms with van der Waals surface area (Å²) in [5.41, 5.74) is 9.81. The molecule has 2 aromatic heterocycles. The van der Waals surface area contributed by atoms with Crippen molar-refractivity contribution in [1.82, 2.24) is 25.2 Å². The van der Waals surface area contributed by atoms with Gasteiger partial charge in [0.15, 0.2) is 5.95 Å². The Morgan fingerprint density at radius 2 is 1.89 bits per heavy atom. The molecule has 0 radical (unpaired) electrons. The molecule has 2 amide bonds. The van der Waals surface area contributed by atoms with Gasteiger partial charge in [0.1, 0.15) is 12.3 Å². The van der Waals surface area contributed by atoms with E-state index in [2.05, 4.69) is 20.3 Å². The summed E-state index contributed by atoms with van der Waals surface area (Å²) in [6.07, 6.45) is 1.93. The molecule has 0 bridgehead atoms. The Balaban J connectivity index is 1.06. The summed E-state index contributed by atoms with van der Waals surface area (Å²) < 4.78 is 5.44. The van der Waals surface area contributed by atoms with E-state index in [0.717, 1.165) is 40.0 Å². The van der Waals surface area contributed by atoms with Crippen molar-refractivity contribution in [2.24, 2.45) is 0 Å². The lowest BCUT2D eigenvalue weighted by atomic mass is 9.98. The maximum Gasteiger partial charge on any atom is 0.410 e. The highest BCUT2D eigenvalue weighted by molar-refractivity contribution is 7.09. The minimum absolute atomic E-state index is 0.183. The number of fused-ring (bicyclic) bond motifs is 1. The zero-order valence-electron chi connectivity index (χ0n) is 20.1. The normalized spacial score (nSPS) is 14.1. The zero-order valence-corrected chi connectivity index (χ0v) is 21.6. The predicted octanol–water partition coefficient (Wildman–Crippen LogP) is 4.74. The first-order chi connectivity index (χ1) is 17.9. The Morgan fingerprint density at radius 3 is 2.68 bits per heavy atom. The molecular formula is C26H27ClN6O3S. The molecule has 11 heteroatoms. The van der Waals surface area contributed by atoms with Crippen LogP contribution < -0.4 is 11.1 Å². The lowest BCUT2D eigenvalue weighted by Crippen LogP contribution is -2.38. The molecule has 37 heavy (non-hydrogen) atoms. The number of likely N-dealkylation sites (tertiary alicyclic amines) is 1. The second kappa shape index (κ2) is 11.2. The number of carbonyl (C=O) groups excluding carboxylic acids is 2. The third kappa shape index (κ3) is 6.20. The number of hydrogen-bond acceptors (Lipinski definition) is 7. The number of H-pyrrole nitrogens is 1. The van der Waals surface area contributed by atoms with E-state index in [1.165, 1.54) is 11.3 Å². The van der Waals surface area contributed by atoms with E-state index in [-0.39, 0.29) is 24.5 Å². The summed E-state index contributed by atoms with van der Waals surface area (Å²) in [5.74, 6) is 0.428. The number of halogens is 1. The molecule has 3 heterocycles. The number of aromatic nitrogens is 3. The fourth-order valence-corrected chi connectivity index (χ4v) is 5.45. The average molecular weight is 539 g/mol. The Labute approximate surface area is 223 Å². The Bertz CT molecular complexity index is 1400. The smallest absolute Gasteiger partial charge is 0.410 e. The number of nitrogen functional groups attached to an aromatic ring is 1. The van der Waals surface area contributed by atoms with Crippen molar-refractivity contribution >= 4 is 51.9 Å². The number of anilines is 1. The number of amides is 2. The topological polar surface area (TPSA) is 126 Å². The number of nitrogens with zero attached hydrogens (tertiary/aromatic N) is 3. The van der Waals surface area contributed by atoms with E-state index in [4.69, 9.17) is 22.1 Å². The second-order valence-corrected chi connectivity index (χ2v) is 10.3. The quantitative estimate of drug-likeness (QED) is 0.312. The van der Waals surface area contributed by atoms with Gasteiger partial charge in [-0.15, -0.1) is 11.3 Å². The van der Waals surface area contributed by atoms with Crippen LogP contribution in [0.5, 0.6) is 0 Å². The van der Waals surface area contributed by atoms with Gasteiger partial charge in [-0.25, -0.2) is 14.8 Å². The van der Waals surface area contributed by atoms with Crippen LogP contribution in [0.2, 0.25) is 5.02 Å². The van der Waals surface area contributed by atoms with E-state index in [1.54, 1.807) is 22.4 Å². The molecule has 4 N–H and O–H groups in total. The van der Waals surface area contributed by atoms with Crippen LogP contribution in [0.4, 0.5) is 10.7 Å². The van der Waals surface area contributed by atoms with Crippen molar-refractivity contribution in [3.63, 3.8) is 0 Å². The Hall–Kier alpha value is -3.63. The average Bonchev–Trinajstić information content (AvgIpc) is 3.54. The van der Waals surface area contributed by atoms with Crippen molar-refractivity contribution < 1.29 is 14.3 Å². The third-order valence-electron chi connectivity index (χ3n) is 6.40. The number of nitrogens with two attached hydrogens (primary N) is 1. The standard InChI is InChI=1S/C26H27ClN6O3S/c27-19-4-1-17(2-5-19)14-36-26(35)33-11-8-18(9-12-33)24-30-22(15-37-24)23(34)29-10-7-16-3-6-20-21(13-16)32-25(28)31-20/h1-6,13,15,18H,7-12,14H2,(H,29,34)(H3,28,31,32). The largest absolute Gasteiger partial charge is 0.445 e. The summed E-state index contributed by atoms with van der Waals surface area (Å²) in [6.45, 7) is 1.90. The van der Waals surface area contributed by atoms with E-state index >= 15 is 0 Å². The lowest BCUT2D eigenvalue weighted by Gasteiger charge is -2.30. The fraction of sp³-hybridized carbons (Fsp3) is 0.308. The number of imidazole rings is 1. The molecule has 0 aliphatic carbocycles. The van der Waals surface area contributed by atoms with Crippen LogP contribution in [0.15, 0.2) is 47.8 Å². The molecular weight excluding hydrogens is 512 g/mol. The molecule has 1 aliphatic heterocycles. The number of thiazole rings is 1. The molecule has 0 saturated carbocycles. The number of aromatic amines is 1. The van der Waals surface area contributed by atoms with Crippen LogP contribution >= 0.6 is 22.9 Å². The van der Waals surface area contributed by atoms with Gasteiger partial charge in [0.2, 0.25) is 0 Å². The molecule has 192 valence electrons. The third-order valence-corrected chi connectivity index (χ3v) is 7.66. The highest BCUT2D eigenvalue weighted by Gasteiger charge is 2.27. The first kappa shape index (κ1) is 25.0. The molecule has 2 aromatic carbocycles. The summed E-state index contributed by atoms with van der Waals surface area (Å²) in [6, 6.07) is 13.1. The number of rotatable bonds is 7. The van der Waals surface area contributed by atoms with E-state index < -0.39 is 0 Å². The van der Waals surface area contributed by atoms with Crippen molar-refractivity contribution in [3.05, 3.63) is 74.7 Å². The first-order valence-corrected chi connectivity index (χ1v) is 13.3. The van der Waals surface area contributed by atoms with Gasteiger partial charge >= 0.3 is 6.09 Å².